The van der Waals surface area contributed by atoms with Gasteiger partial charge in [-0.1, -0.05) is 12.1 Å². The van der Waals surface area contributed by atoms with Gasteiger partial charge in [0, 0.05) is 35.4 Å². The highest BCUT2D eigenvalue weighted by Crippen LogP contribution is 2.24. The predicted octanol–water partition coefficient (Wildman–Crippen LogP) is 4.68. The molecule has 0 saturated carbocycles. The SMILES string of the molecule is CC(C)(C)N=CC(=C(N)c1ccnc(N)n1)c1cccc(NC(=O)Nc2ccc(F)c(F)c2)c1. The van der Waals surface area contributed by atoms with E-state index in [0.29, 0.717) is 28.2 Å². The van der Waals surface area contributed by atoms with Crippen LogP contribution in [0.25, 0.3) is 11.3 Å². The number of nitrogens with one attached hydrogen (secondary N) is 2. The van der Waals surface area contributed by atoms with Gasteiger partial charge in [-0.3, -0.25) is 4.99 Å². The number of nitrogens with two attached hydrogens (primary N) is 2. The quantitative estimate of drug-likeness (QED) is 0.407. The summed E-state index contributed by atoms with van der Waals surface area (Å²) in [5.41, 5.74) is 14.3. The van der Waals surface area contributed by atoms with Crippen LogP contribution in [0.2, 0.25) is 0 Å². The molecule has 0 aliphatic carbocycles. The van der Waals surface area contributed by atoms with Gasteiger partial charge in [0.15, 0.2) is 11.6 Å². The van der Waals surface area contributed by atoms with Crippen LogP contribution in [0.15, 0.2) is 59.7 Å². The topological polar surface area (TPSA) is 131 Å². The zero-order valence-electron chi connectivity index (χ0n) is 18.9. The van der Waals surface area contributed by atoms with Crippen LogP contribution in [0.4, 0.5) is 30.9 Å². The van der Waals surface area contributed by atoms with Crippen molar-refractivity contribution >= 4 is 40.8 Å². The van der Waals surface area contributed by atoms with Gasteiger partial charge in [0.05, 0.1) is 16.9 Å². The highest BCUT2D eigenvalue weighted by Gasteiger charge is 2.13. The fraction of sp³-hybridized carbons (Fsp3) is 0.167. The van der Waals surface area contributed by atoms with Crippen molar-refractivity contribution in [1.29, 1.82) is 0 Å². The van der Waals surface area contributed by atoms with E-state index in [1.165, 1.54) is 12.3 Å². The predicted molar refractivity (Wildman–Crippen MR) is 131 cm³/mol. The molecule has 0 aliphatic heterocycles. The lowest BCUT2D eigenvalue weighted by Crippen LogP contribution is -2.19. The molecular formula is C24H25F2N7O. The average Bonchev–Trinajstić information content (AvgIpc) is 2.76. The number of nitrogen functional groups attached to an aromatic ring is 1. The number of nitrogens with zero attached hydrogens (tertiary/aromatic N) is 3. The molecule has 0 bridgehead atoms. The average molecular weight is 466 g/mol. The molecule has 1 heterocycles. The van der Waals surface area contributed by atoms with E-state index in [1.54, 1.807) is 36.5 Å². The Kier molecular flexibility index (Phi) is 7.20. The third-order valence-corrected chi connectivity index (χ3v) is 4.43. The first kappa shape index (κ1) is 24.3. The summed E-state index contributed by atoms with van der Waals surface area (Å²) in [5.74, 6) is -1.98. The molecule has 10 heteroatoms. The molecule has 3 aromatic rings. The van der Waals surface area contributed by atoms with Gasteiger partial charge in [-0.2, -0.15) is 0 Å². The lowest BCUT2D eigenvalue weighted by atomic mass is 10.0. The van der Waals surface area contributed by atoms with Gasteiger partial charge in [0.1, 0.15) is 0 Å². The first-order valence-corrected chi connectivity index (χ1v) is 10.3. The summed E-state index contributed by atoms with van der Waals surface area (Å²) >= 11 is 0. The number of aliphatic imine (C=N–C) groups is 1. The van der Waals surface area contributed by atoms with Gasteiger partial charge in [-0.25, -0.2) is 23.5 Å². The second-order valence-corrected chi connectivity index (χ2v) is 8.35. The second kappa shape index (κ2) is 10.1. The van der Waals surface area contributed by atoms with E-state index in [9.17, 15) is 13.6 Å². The number of hydrogen-bond acceptors (Lipinski definition) is 6. The maximum atomic E-state index is 13.4. The molecule has 1 aromatic heterocycles. The number of carbonyl (C=O) groups is 1. The standard InChI is InChI=1S/C24H25F2N7O/c1-24(2,3)30-13-17(21(27)20-9-10-29-22(28)33-20)14-5-4-6-15(11-14)31-23(34)32-16-7-8-18(25)19(26)12-16/h4-13H,27H2,1-3H3,(H2,28,29,33)(H2,31,32,34). The summed E-state index contributed by atoms with van der Waals surface area (Å²) in [7, 11) is 0. The van der Waals surface area contributed by atoms with Crippen molar-refractivity contribution in [3.8, 4) is 0 Å². The van der Waals surface area contributed by atoms with Crippen LogP contribution >= 0.6 is 0 Å². The van der Waals surface area contributed by atoms with Gasteiger partial charge < -0.3 is 22.1 Å². The second-order valence-electron chi connectivity index (χ2n) is 8.35. The highest BCUT2D eigenvalue weighted by atomic mass is 19.2. The summed E-state index contributed by atoms with van der Waals surface area (Å²) in [4.78, 5) is 25.0. The van der Waals surface area contributed by atoms with Crippen molar-refractivity contribution in [3.05, 3.63) is 77.6 Å². The number of benzene rings is 2. The third kappa shape index (κ3) is 6.58. The lowest BCUT2D eigenvalue weighted by Gasteiger charge is -2.15. The van der Waals surface area contributed by atoms with E-state index in [-0.39, 0.29) is 17.2 Å². The van der Waals surface area contributed by atoms with E-state index < -0.39 is 17.7 Å². The molecule has 2 aromatic carbocycles. The van der Waals surface area contributed by atoms with Crippen LogP contribution < -0.4 is 22.1 Å². The van der Waals surface area contributed by atoms with Crippen molar-refractivity contribution in [2.75, 3.05) is 16.4 Å². The van der Waals surface area contributed by atoms with Crippen molar-refractivity contribution in [2.24, 2.45) is 10.7 Å². The van der Waals surface area contributed by atoms with Crippen LogP contribution in [-0.2, 0) is 0 Å². The minimum Gasteiger partial charge on any atom is -0.396 e. The molecule has 0 aliphatic rings. The van der Waals surface area contributed by atoms with Crippen molar-refractivity contribution in [2.45, 2.75) is 26.3 Å². The molecule has 0 radical (unpaired) electrons. The van der Waals surface area contributed by atoms with E-state index in [1.807, 2.05) is 20.8 Å². The minimum absolute atomic E-state index is 0.0804. The van der Waals surface area contributed by atoms with Crippen LogP contribution in [0.5, 0.6) is 0 Å². The van der Waals surface area contributed by atoms with Crippen LogP contribution in [0.3, 0.4) is 0 Å². The number of hydrogen-bond donors (Lipinski definition) is 4. The molecular weight excluding hydrogens is 440 g/mol. The summed E-state index contributed by atoms with van der Waals surface area (Å²) in [6.07, 6.45) is 3.15. The summed E-state index contributed by atoms with van der Waals surface area (Å²) < 4.78 is 26.5. The monoisotopic (exact) mass is 465 g/mol. The summed E-state index contributed by atoms with van der Waals surface area (Å²) in [6.45, 7) is 5.84. The Morgan fingerprint density at radius 1 is 1.03 bits per heavy atom. The minimum atomic E-state index is -1.06. The van der Waals surface area contributed by atoms with E-state index in [0.717, 1.165) is 12.1 Å². The van der Waals surface area contributed by atoms with Gasteiger partial charge in [-0.05, 0) is 56.7 Å². The van der Waals surface area contributed by atoms with E-state index in [2.05, 4.69) is 25.6 Å². The summed E-state index contributed by atoms with van der Waals surface area (Å²) in [6, 6.07) is 11.0. The first-order chi connectivity index (χ1) is 16.0. The molecule has 0 saturated heterocycles. The zero-order chi connectivity index (χ0) is 24.9. The Morgan fingerprint density at radius 2 is 1.74 bits per heavy atom. The van der Waals surface area contributed by atoms with Crippen LogP contribution in [0, 0.1) is 11.6 Å². The number of urea groups is 1. The Labute approximate surface area is 195 Å². The molecule has 3 rings (SSSR count). The Morgan fingerprint density at radius 3 is 2.38 bits per heavy atom. The van der Waals surface area contributed by atoms with Crippen molar-refractivity contribution < 1.29 is 13.6 Å². The number of halogens is 2. The number of aromatic nitrogens is 2. The Hall–Kier alpha value is -4.34. The Bertz CT molecular complexity index is 1270. The molecule has 0 fully saturated rings. The van der Waals surface area contributed by atoms with E-state index >= 15 is 0 Å². The summed E-state index contributed by atoms with van der Waals surface area (Å²) in [5, 5.41) is 5.12. The molecule has 8 nitrogen and oxygen atoms in total. The molecule has 0 spiro atoms. The molecule has 0 atom stereocenters. The number of allylic oxidation sites excluding steroid dienone is 1. The first-order valence-electron chi connectivity index (χ1n) is 10.3. The third-order valence-electron chi connectivity index (χ3n) is 4.43. The van der Waals surface area contributed by atoms with Crippen LogP contribution in [0.1, 0.15) is 32.0 Å². The van der Waals surface area contributed by atoms with Gasteiger partial charge in [-0.15, -0.1) is 0 Å². The maximum Gasteiger partial charge on any atom is 0.323 e. The van der Waals surface area contributed by atoms with E-state index in [4.69, 9.17) is 11.5 Å². The molecule has 34 heavy (non-hydrogen) atoms. The normalized spacial score (nSPS) is 12.4. The smallest absolute Gasteiger partial charge is 0.323 e. The largest absolute Gasteiger partial charge is 0.396 e. The molecule has 176 valence electrons. The highest BCUT2D eigenvalue weighted by molar-refractivity contribution is 6.19. The fourth-order valence-electron chi connectivity index (χ4n) is 2.85. The maximum absolute atomic E-state index is 13.4. The lowest BCUT2D eigenvalue weighted by molar-refractivity contribution is 0.262. The zero-order valence-corrected chi connectivity index (χ0v) is 18.9. The Balaban J connectivity index is 1.92. The van der Waals surface area contributed by atoms with Gasteiger partial charge in [0.25, 0.3) is 0 Å². The van der Waals surface area contributed by atoms with Crippen LogP contribution in [-0.4, -0.2) is 27.8 Å². The number of amides is 2. The number of carbonyl (C=O) groups excluding carboxylic acids is 1. The van der Waals surface area contributed by atoms with Gasteiger partial charge in [0.2, 0.25) is 5.95 Å². The number of rotatable bonds is 5. The van der Waals surface area contributed by atoms with Gasteiger partial charge >= 0.3 is 6.03 Å². The van der Waals surface area contributed by atoms with Crippen molar-refractivity contribution in [1.82, 2.24) is 9.97 Å². The molecule has 0 unspecified atom stereocenters. The molecule has 6 N–H and O–H groups in total. The molecule has 2 amide bonds. The fourth-order valence-corrected chi connectivity index (χ4v) is 2.85. The van der Waals surface area contributed by atoms with Crippen molar-refractivity contribution in [3.63, 3.8) is 0 Å². The number of anilines is 3.